The summed E-state index contributed by atoms with van der Waals surface area (Å²) >= 11 is 0. The van der Waals surface area contributed by atoms with Crippen LogP contribution in [-0.4, -0.2) is 54.5 Å². The fraction of sp³-hybridized carbons (Fsp3) is 0.273. The number of carbonyl (C=O) groups is 2. The van der Waals surface area contributed by atoms with Crippen LogP contribution in [0.1, 0.15) is 12.8 Å². The molecule has 0 aliphatic carbocycles. The molecule has 1 aromatic heterocycles. The highest BCUT2D eigenvalue weighted by atomic mass is 32.2. The van der Waals surface area contributed by atoms with Crippen LogP contribution in [0, 0.1) is 5.82 Å². The maximum absolute atomic E-state index is 14.2. The molecule has 3 aromatic rings. The summed E-state index contributed by atoms with van der Waals surface area (Å²) in [5, 5.41) is 3.24. The predicted molar refractivity (Wildman–Crippen MR) is 119 cm³/mol. The van der Waals surface area contributed by atoms with Crippen LogP contribution < -0.4 is 11.1 Å². The number of nitrogens with zero attached hydrogens (tertiary/aromatic N) is 2. The van der Waals surface area contributed by atoms with E-state index < -0.39 is 50.6 Å². The van der Waals surface area contributed by atoms with Crippen molar-refractivity contribution in [2.75, 3.05) is 17.6 Å². The van der Waals surface area contributed by atoms with Crippen LogP contribution in [0.2, 0.25) is 0 Å². The third-order valence-electron chi connectivity index (χ3n) is 5.71. The maximum atomic E-state index is 14.2. The van der Waals surface area contributed by atoms with Crippen molar-refractivity contribution in [3.8, 4) is 0 Å². The van der Waals surface area contributed by atoms with Crippen molar-refractivity contribution in [3.05, 3.63) is 60.5 Å². The van der Waals surface area contributed by atoms with Crippen LogP contribution >= 0.6 is 0 Å². The summed E-state index contributed by atoms with van der Waals surface area (Å²) in [7, 11) is -3.95. The Bertz CT molecular complexity index is 1320. The van der Waals surface area contributed by atoms with Gasteiger partial charge in [-0.15, -0.1) is 0 Å². The first-order valence-electron chi connectivity index (χ1n) is 10.3. The van der Waals surface area contributed by atoms with E-state index in [9.17, 15) is 26.8 Å². The van der Waals surface area contributed by atoms with E-state index >= 15 is 0 Å². The third kappa shape index (κ3) is 4.54. The number of aromatic nitrogens is 1. The molecule has 0 radical (unpaired) electrons. The van der Waals surface area contributed by atoms with E-state index in [1.165, 1.54) is 33.9 Å². The predicted octanol–water partition coefficient (Wildman–Crippen LogP) is 3.52. The van der Waals surface area contributed by atoms with Gasteiger partial charge in [0.2, 0.25) is 0 Å². The largest absolute Gasteiger partial charge is 0.351 e. The molecule has 3 amide bonds. The van der Waals surface area contributed by atoms with Gasteiger partial charge in [-0.25, -0.2) is 26.8 Å². The second kappa shape index (κ2) is 8.81. The van der Waals surface area contributed by atoms with Gasteiger partial charge >= 0.3 is 12.1 Å². The van der Waals surface area contributed by atoms with E-state index in [-0.39, 0.29) is 19.4 Å². The van der Waals surface area contributed by atoms with E-state index in [4.69, 9.17) is 5.73 Å². The van der Waals surface area contributed by atoms with Gasteiger partial charge in [0.1, 0.15) is 16.9 Å². The summed E-state index contributed by atoms with van der Waals surface area (Å²) in [6.45, 7) is -0.204. The molecular formula is C22H22F2N4O4S. The number of primary amides is 1. The van der Waals surface area contributed by atoms with E-state index in [0.717, 1.165) is 6.07 Å². The fourth-order valence-electron chi connectivity index (χ4n) is 4.13. The minimum atomic E-state index is -3.95. The number of benzene rings is 2. The summed E-state index contributed by atoms with van der Waals surface area (Å²) in [5.41, 5.74) is 6.21. The second-order valence-electron chi connectivity index (χ2n) is 7.88. The number of para-hydroxylation sites is 1. The average Bonchev–Trinajstić information content (AvgIpc) is 3.33. The van der Waals surface area contributed by atoms with Gasteiger partial charge in [-0.3, -0.25) is 4.57 Å². The van der Waals surface area contributed by atoms with E-state index in [1.54, 1.807) is 24.3 Å². The Hall–Kier alpha value is -3.47. The normalized spacial score (nSPS) is 18.5. The Morgan fingerprint density at radius 2 is 1.82 bits per heavy atom. The lowest BCUT2D eigenvalue weighted by Gasteiger charge is -2.24. The van der Waals surface area contributed by atoms with Crippen molar-refractivity contribution in [3.63, 3.8) is 0 Å². The van der Waals surface area contributed by atoms with Crippen LogP contribution in [0.25, 0.3) is 10.9 Å². The quantitative estimate of drug-likeness (QED) is 0.586. The standard InChI is InChI=1S/C22H22F2N4O4S/c23-14-11-15(9-10-33(31,32)20-8-4-2-6-17(20)24)27(12-14)22(30)26-18-13-28(21(25)29)19-7-3-1-5-16(18)19/h1-8,13-15H,9-12H2,(H2,25,29)(H,26,30)/t14-,15-/m1/s1. The summed E-state index contributed by atoms with van der Waals surface area (Å²) in [5.74, 6) is -1.29. The maximum Gasteiger partial charge on any atom is 0.323 e. The molecule has 11 heteroatoms. The first-order valence-corrected chi connectivity index (χ1v) is 11.9. The molecule has 3 N–H and O–H groups in total. The number of sulfone groups is 1. The first kappa shape index (κ1) is 22.7. The Kier molecular flexibility index (Phi) is 6.07. The Balaban J connectivity index is 1.51. The number of halogens is 2. The van der Waals surface area contributed by atoms with Crippen molar-refractivity contribution < 1.29 is 26.8 Å². The fourth-order valence-corrected chi connectivity index (χ4v) is 5.58. The van der Waals surface area contributed by atoms with Gasteiger partial charge in [-0.1, -0.05) is 30.3 Å². The summed E-state index contributed by atoms with van der Waals surface area (Å²) < 4.78 is 54.5. The highest BCUT2D eigenvalue weighted by molar-refractivity contribution is 7.91. The molecule has 0 saturated carbocycles. The van der Waals surface area contributed by atoms with Crippen molar-refractivity contribution in [2.45, 2.75) is 30.0 Å². The zero-order chi connectivity index (χ0) is 23.8. The molecule has 0 spiro atoms. The summed E-state index contributed by atoms with van der Waals surface area (Å²) in [4.78, 5) is 25.5. The molecule has 1 aliphatic rings. The van der Waals surface area contributed by atoms with Gasteiger partial charge in [0.25, 0.3) is 0 Å². The zero-order valence-electron chi connectivity index (χ0n) is 17.4. The summed E-state index contributed by atoms with van der Waals surface area (Å²) in [6, 6.07) is 9.81. The molecule has 8 nitrogen and oxygen atoms in total. The van der Waals surface area contributed by atoms with Crippen LogP contribution in [0.3, 0.4) is 0 Å². The number of rotatable bonds is 5. The molecule has 174 valence electrons. The highest BCUT2D eigenvalue weighted by Gasteiger charge is 2.36. The Morgan fingerprint density at radius 3 is 2.55 bits per heavy atom. The monoisotopic (exact) mass is 476 g/mol. The van der Waals surface area contributed by atoms with Gasteiger partial charge in [-0.2, -0.15) is 0 Å². The molecule has 1 fully saturated rings. The second-order valence-corrected chi connectivity index (χ2v) is 9.95. The number of anilines is 1. The van der Waals surface area contributed by atoms with Crippen molar-refractivity contribution in [1.29, 1.82) is 0 Å². The van der Waals surface area contributed by atoms with Gasteiger partial charge in [0.15, 0.2) is 9.84 Å². The summed E-state index contributed by atoms with van der Waals surface area (Å²) in [6.07, 6.45) is -0.00796. The van der Waals surface area contributed by atoms with Crippen molar-refractivity contribution in [2.24, 2.45) is 5.73 Å². The number of hydrogen-bond donors (Lipinski definition) is 2. The van der Waals surface area contributed by atoms with E-state index in [1.807, 2.05) is 0 Å². The number of amides is 3. The molecule has 1 saturated heterocycles. The number of alkyl halides is 1. The van der Waals surface area contributed by atoms with E-state index in [0.29, 0.717) is 16.6 Å². The molecule has 2 heterocycles. The molecule has 2 aromatic carbocycles. The Labute approximate surface area is 188 Å². The minimum absolute atomic E-state index is 0.0245. The topological polar surface area (TPSA) is 114 Å². The van der Waals surface area contributed by atoms with Crippen molar-refractivity contribution in [1.82, 2.24) is 9.47 Å². The number of nitrogens with one attached hydrogen (secondary N) is 1. The molecule has 33 heavy (non-hydrogen) atoms. The molecule has 4 rings (SSSR count). The van der Waals surface area contributed by atoms with E-state index in [2.05, 4.69) is 5.32 Å². The van der Waals surface area contributed by atoms with Crippen LogP contribution in [0.15, 0.2) is 59.6 Å². The lowest BCUT2D eigenvalue weighted by Crippen LogP contribution is -2.39. The number of hydrogen-bond acceptors (Lipinski definition) is 4. The first-order chi connectivity index (χ1) is 15.7. The minimum Gasteiger partial charge on any atom is -0.351 e. The Morgan fingerprint density at radius 1 is 1.12 bits per heavy atom. The third-order valence-corrected chi connectivity index (χ3v) is 7.48. The average molecular weight is 477 g/mol. The number of likely N-dealkylation sites (tertiary alicyclic amines) is 1. The lowest BCUT2D eigenvalue weighted by molar-refractivity contribution is 0.203. The van der Waals surface area contributed by atoms with Gasteiger partial charge in [-0.05, 0) is 24.6 Å². The number of fused-ring (bicyclic) bond motifs is 1. The molecule has 0 bridgehead atoms. The molecule has 2 atom stereocenters. The smallest absolute Gasteiger partial charge is 0.323 e. The number of urea groups is 1. The highest BCUT2D eigenvalue weighted by Crippen LogP contribution is 2.29. The van der Waals surface area contributed by atoms with Crippen LogP contribution in [-0.2, 0) is 9.84 Å². The van der Waals surface area contributed by atoms with Gasteiger partial charge in [0, 0.05) is 24.0 Å². The van der Waals surface area contributed by atoms with Crippen LogP contribution in [0.5, 0.6) is 0 Å². The number of carbonyl (C=O) groups excluding carboxylic acids is 2. The van der Waals surface area contributed by atoms with Gasteiger partial charge < -0.3 is 16.0 Å². The molecule has 0 unspecified atom stereocenters. The van der Waals surface area contributed by atoms with Gasteiger partial charge in [0.05, 0.1) is 23.5 Å². The lowest BCUT2D eigenvalue weighted by atomic mass is 10.1. The SMILES string of the molecule is NC(=O)n1cc(NC(=O)N2C[C@H](F)C[C@H]2CCS(=O)(=O)c2ccccc2F)c2ccccc21. The molecular weight excluding hydrogens is 454 g/mol. The van der Waals surface area contributed by atoms with Crippen LogP contribution in [0.4, 0.5) is 24.1 Å². The number of nitrogens with two attached hydrogens (primary N) is 1. The van der Waals surface area contributed by atoms with Crippen molar-refractivity contribution >= 4 is 38.5 Å². The zero-order valence-corrected chi connectivity index (χ0v) is 18.3. The molecule has 1 aliphatic heterocycles.